The zero-order valence-electron chi connectivity index (χ0n) is 16.2. The van der Waals surface area contributed by atoms with E-state index in [1.54, 1.807) is 12.1 Å². The number of nitrogens with zero attached hydrogens (tertiary/aromatic N) is 2. The number of methoxy groups -OCH3 is 1. The molecule has 144 valence electrons. The summed E-state index contributed by atoms with van der Waals surface area (Å²) in [6.45, 7) is 7.86. The van der Waals surface area contributed by atoms with E-state index in [4.69, 9.17) is 4.74 Å². The van der Waals surface area contributed by atoms with Crippen molar-refractivity contribution in [3.63, 3.8) is 0 Å². The quantitative estimate of drug-likeness (QED) is 0.778. The van der Waals surface area contributed by atoms with Crippen LogP contribution < -0.4 is 10.2 Å². The lowest BCUT2D eigenvalue weighted by Crippen LogP contribution is -2.21. The second kappa shape index (κ2) is 8.08. The number of aryl methyl sites for hydroxylation is 1. The molecule has 7 heteroatoms. The Labute approximate surface area is 163 Å². The van der Waals surface area contributed by atoms with Crippen molar-refractivity contribution in [2.24, 2.45) is 0 Å². The van der Waals surface area contributed by atoms with E-state index in [9.17, 15) is 9.59 Å². The van der Waals surface area contributed by atoms with Gasteiger partial charge < -0.3 is 15.0 Å². The van der Waals surface area contributed by atoms with Crippen molar-refractivity contribution in [1.82, 2.24) is 4.98 Å². The lowest BCUT2D eigenvalue weighted by atomic mass is 10.1. The van der Waals surface area contributed by atoms with Gasteiger partial charge in [-0.05, 0) is 38.0 Å². The number of esters is 1. The molecule has 1 aliphatic rings. The van der Waals surface area contributed by atoms with Crippen LogP contribution in [0.15, 0.2) is 18.2 Å². The van der Waals surface area contributed by atoms with Gasteiger partial charge in [0.2, 0.25) is 0 Å². The first-order valence-corrected chi connectivity index (χ1v) is 9.98. The topological polar surface area (TPSA) is 71.5 Å². The first-order chi connectivity index (χ1) is 12.9. The van der Waals surface area contributed by atoms with Crippen LogP contribution in [0.1, 0.15) is 63.3 Å². The second-order valence-electron chi connectivity index (χ2n) is 6.99. The van der Waals surface area contributed by atoms with Crippen LogP contribution in [0.3, 0.4) is 0 Å². The number of ether oxygens (including phenoxy) is 1. The highest BCUT2D eigenvalue weighted by Crippen LogP contribution is 2.32. The Morgan fingerprint density at radius 2 is 1.96 bits per heavy atom. The Bertz CT molecular complexity index is 854. The third-order valence-corrected chi connectivity index (χ3v) is 6.08. The molecule has 1 saturated heterocycles. The van der Waals surface area contributed by atoms with Crippen LogP contribution in [0.4, 0.5) is 11.4 Å². The van der Waals surface area contributed by atoms with Crippen LogP contribution in [0.2, 0.25) is 0 Å². The Kier molecular flexibility index (Phi) is 5.79. The minimum absolute atomic E-state index is 0.195. The van der Waals surface area contributed by atoms with Gasteiger partial charge in [-0.1, -0.05) is 13.8 Å². The maximum Gasteiger partial charge on any atom is 0.337 e. The van der Waals surface area contributed by atoms with Crippen LogP contribution in [0.25, 0.3) is 0 Å². The van der Waals surface area contributed by atoms with E-state index in [0.717, 1.165) is 42.3 Å². The SMILES string of the molecule is COC(=O)c1ccc(N2CCCC2)c(NC(=O)c2sc(C(C)C)nc2C)c1. The monoisotopic (exact) mass is 387 g/mol. The van der Waals surface area contributed by atoms with Gasteiger partial charge in [0.15, 0.2) is 0 Å². The molecule has 0 radical (unpaired) electrons. The largest absolute Gasteiger partial charge is 0.465 e. The van der Waals surface area contributed by atoms with Crippen molar-refractivity contribution in [3.8, 4) is 0 Å². The highest BCUT2D eigenvalue weighted by Gasteiger charge is 2.22. The Balaban J connectivity index is 1.93. The van der Waals surface area contributed by atoms with E-state index in [0.29, 0.717) is 16.1 Å². The van der Waals surface area contributed by atoms with Crippen LogP contribution in [-0.4, -0.2) is 37.1 Å². The predicted molar refractivity (Wildman–Crippen MR) is 108 cm³/mol. The number of anilines is 2. The zero-order chi connectivity index (χ0) is 19.6. The third-order valence-electron chi connectivity index (χ3n) is 4.63. The van der Waals surface area contributed by atoms with Crippen molar-refractivity contribution in [3.05, 3.63) is 39.3 Å². The van der Waals surface area contributed by atoms with Crippen molar-refractivity contribution in [2.75, 3.05) is 30.4 Å². The van der Waals surface area contributed by atoms with E-state index >= 15 is 0 Å². The van der Waals surface area contributed by atoms with Crippen molar-refractivity contribution >= 4 is 34.6 Å². The molecule has 1 aromatic carbocycles. The van der Waals surface area contributed by atoms with Gasteiger partial charge >= 0.3 is 5.97 Å². The highest BCUT2D eigenvalue weighted by molar-refractivity contribution is 7.14. The summed E-state index contributed by atoms with van der Waals surface area (Å²) in [5.74, 6) is -0.341. The fourth-order valence-electron chi connectivity index (χ4n) is 3.17. The summed E-state index contributed by atoms with van der Waals surface area (Å²) in [5, 5.41) is 3.94. The summed E-state index contributed by atoms with van der Waals surface area (Å²) >= 11 is 1.42. The zero-order valence-corrected chi connectivity index (χ0v) is 17.0. The molecule has 1 aromatic heterocycles. The summed E-state index contributed by atoms with van der Waals surface area (Å²) in [6.07, 6.45) is 2.25. The molecule has 6 nitrogen and oxygen atoms in total. The number of carbonyl (C=O) groups excluding carboxylic acids is 2. The first kappa shape index (κ1) is 19.4. The van der Waals surface area contributed by atoms with E-state index < -0.39 is 5.97 Å². The van der Waals surface area contributed by atoms with Gasteiger partial charge in [0, 0.05) is 19.0 Å². The maximum absolute atomic E-state index is 12.9. The summed E-state index contributed by atoms with van der Waals surface area (Å²) in [7, 11) is 1.35. The Morgan fingerprint density at radius 3 is 2.56 bits per heavy atom. The number of hydrogen-bond donors (Lipinski definition) is 1. The maximum atomic E-state index is 12.9. The molecule has 2 heterocycles. The average molecular weight is 388 g/mol. The van der Waals surface area contributed by atoms with Crippen molar-refractivity contribution in [1.29, 1.82) is 0 Å². The number of nitrogens with one attached hydrogen (secondary N) is 1. The van der Waals surface area contributed by atoms with Crippen LogP contribution >= 0.6 is 11.3 Å². The van der Waals surface area contributed by atoms with E-state index in [2.05, 4.69) is 29.0 Å². The lowest BCUT2D eigenvalue weighted by Gasteiger charge is -2.22. The number of thiazole rings is 1. The number of aromatic nitrogens is 1. The molecule has 1 fully saturated rings. The predicted octanol–water partition coefficient (Wildman–Crippen LogP) is 4.21. The molecule has 0 saturated carbocycles. The number of rotatable bonds is 5. The van der Waals surface area contributed by atoms with Gasteiger partial charge in [0.05, 0.1) is 34.7 Å². The fourth-order valence-corrected chi connectivity index (χ4v) is 4.13. The molecule has 0 bridgehead atoms. The second-order valence-corrected chi connectivity index (χ2v) is 8.02. The van der Waals surface area contributed by atoms with E-state index in [-0.39, 0.29) is 11.8 Å². The molecule has 1 aliphatic heterocycles. The number of amides is 1. The van der Waals surface area contributed by atoms with E-state index in [1.165, 1.54) is 18.4 Å². The Morgan fingerprint density at radius 1 is 1.26 bits per heavy atom. The molecule has 1 amide bonds. The van der Waals surface area contributed by atoms with Gasteiger partial charge in [0.1, 0.15) is 4.88 Å². The summed E-state index contributed by atoms with van der Waals surface area (Å²) in [6, 6.07) is 5.31. The van der Waals surface area contributed by atoms with Gasteiger partial charge in [-0.25, -0.2) is 9.78 Å². The smallest absolute Gasteiger partial charge is 0.337 e. The normalized spacial score (nSPS) is 13.9. The molecule has 0 atom stereocenters. The minimum atomic E-state index is -0.422. The lowest BCUT2D eigenvalue weighted by molar-refractivity contribution is 0.0600. The van der Waals surface area contributed by atoms with Crippen LogP contribution in [0.5, 0.6) is 0 Å². The third kappa shape index (κ3) is 4.13. The Hall–Kier alpha value is -2.41. The average Bonchev–Trinajstić information content (AvgIpc) is 3.30. The molecular weight excluding hydrogens is 362 g/mol. The summed E-state index contributed by atoms with van der Waals surface area (Å²) in [5.41, 5.74) is 2.70. The van der Waals surface area contributed by atoms with Gasteiger partial charge in [-0.2, -0.15) is 0 Å². The molecule has 3 rings (SSSR count). The summed E-state index contributed by atoms with van der Waals surface area (Å²) in [4.78, 5) is 32.2. The van der Waals surface area contributed by atoms with Crippen molar-refractivity contribution < 1.29 is 14.3 Å². The van der Waals surface area contributed by atoms with Gasteiger partial charge in [-0.15, -0.1) is 11.3 Å². The van der Waals surface area contributed by atoms with Crippen LogP contribution in [0, 0.1) is 6.92 Å². The molecule has 0 spiro atoms. The molecule has 2 aromatic rings. The van der Waals surface area contributed by atoms with Gasteiger partial charge in [-0.3, -0.25) is 4.79 Å². The van der Waals surface area contributed by atoms with E-state index in [1.807, 2.05) is 13.0 Å². The summed E-state index contributed by atoms with van der Waals surface area (Å²) < 4.78 is 4.82. The molecule has 27 heavy (non-hydrogen) atoms. The first-order valence-electron chi connectivity index (χ1n) is 9.16. The number of benzene rings is 1. The fraction of sp³-hybridized carbons (Fsp3) is 0.450. The highest BCUT2D eigenvalue weighted by atomic mass is 32.1. The number of carbonyl (C=O) groups is 2. The van der Waals surface area contributed by atoms with Crippen LogP contribution in [-0.2, 0) is 4.74 Å². The molecule has 0 aliphatic carbocycles. The van der Waals surface area contributed by atoms with Gasteiger partial charge in [0.25, 0.3) is 5.91 Å². The minimum Gasteiger partial charge on any atom is -0.465 e. The molecular formula is C20H25N3O3S. The number of hydrogen-bond acceptors (Lipinski definition) is 6. The molecule has 0 unspecified atom stereocenters. The van der Waals surface area contributed by atoms with Crippen molar-refractivity contribution in [2.45, 2.75) is 39.5 Å². The standard InChI is InChI=1S/C20H25N3O3S/c1-12(2)19-21-13(3)17(27-19)18(24)22-15-11-14(20(25)26-4)7-8-16(15)23-9-5-6-10-23/h7-8,11-12H,5-6,9-10H2,1-4H3,(H,22,24). The molecule has 1 N–H and O–H groups in total.